The molecule has 11 heteroatoms. The number of rotatable bonds is 13. The molecule has 1 N–H and O–H groups in total. The summed E-state index contributed by atoms with van der Waals surface area (Å²) in [6, 6.07) is 16.8. The first-order chi connectivity index (χ1) is 19.5. The summed E-state index contributed by atoms with van der Waals surface area (Å²) in [4.78, 5) is 28.8. The minimum Gasteiger partial charge on any atom is -0.354 e. The van der Waals surface area contributed by atoms with E-state index in [-0.39, 0.29) is 23.0 Å². The molecule has 1 atom stereocenters. The van der Waals surface area contributed by atoms with Gasteiger partial charge >= 0.3 is 0 Å². The smallest absolute Gasteiger partial charge is 0.264 e. The summed E-state index contributed by atoms with van der Waals surface area (Å²) in [5, 5.41) is 3.89. The van der Waals surface area contributed by atoms with Crippen LogP contribution in [0.3, 0.4) is 0 Å². The zero-order chi connectivity index (χ0) is 30.2. The van der Waals surface area contributed by atoms with Crippen LogP contribution in [0.1, 0.15) is 44.2 Å². The quantitative estimate of drug-likeness (QED) is 0.207. The molecule has 0 aromatic heterocycles. The molecule has 0 heterocycles. The van der Waals surface area contributed by atoms with Gasteiger partial charge in [-0.3, -0.25) is 13.9 Å². The summed E-state index contributed by atoms with van der Waals surface area (Å²) in [5.74, 6) is -0.877. The van der Waals surface area contributed by atoms with E-state index in [9.17, 15) is 18.0 Å². The molecular formula is C30H34Cl3N3O4S. The summed E-state index contributed by atoms with van der Waals surface area (Å²) in [5.41, 5.74) is 1.52. The van der Waals surface area contributed by atoms with Gasteiger partial charge < -0.3 is 10.2 Å². The average molecular weight is 639 g/mol. The maximum Gasteiger partial charge on any atom is 0.264 e. The highest BCUT2D eigenvalue weighted by atomic mass is 35.5. The first-order valence-corrected chi connectivity index (χ1v) is 15.9. The molecule has 2 amide bonds. The highest BCUT2D eigenvalue weighted by Gasteiger charge is 2.34. The SMILES string of the molecule is CCCCNC(=O)[C@@H](CC)N(Cc1ccc(Cl)c(Cl)c1)C(=O)CN(c1cc(Cl)ccc1C)S(=O)(=O)c1ccccc1. The molecule has 0 radical (unpaired) electrons. The standard InChI is InChI=1S/C30H34Cl3N3O4S/c1-4-6-16-34-30(38)27(5-2)35(19-22-13-15-25(32)26(33)17-22)29(37)20-36(28-18-23(31)14-12-21(28)3)41(39,40)24-10-8-7-9-11-24/h7-15,17-18,27H,4-6,16,19-20H2,1-3H3,(H,34,38)/t27-/m1/s1. The second kappa shape index (κ2) is 14.9. The van der Waals surface area contributed by atoms with Gasteiger partial charge in [-0.05, 0) is 67.3 Å². The fraction of sp³-hybridized carbons (Fsp3) is 0.333. The van der Waals surface area contributed by atoms with Crippen LogP contribution in [0.2, 0.25) is 15.1 Å². The zero-order valence-corrected chi connectivity index (χ0v) is 26.3. The second-order valence-corrected chi connectivity index (χ2v) is 12.7. The molecule has 0 fully saturated rings. The maximum absolute atomic E-state index is 14.1. The summed E-state index contributed by atoms with van der Waals surface area (Å²) in [6.07, 6.45) is 2.00. The minimum absolute atomic E-state index is 0.0170. The normalized spacial score (nSPS) is 12.0. The van der Waals surface area contributed by atoms with Crippen molar-refractivity contribution in [2.24, 2.45) is 0 Å². The highest BCUT2D eigenvalue weighted by molar-refractivity contribution is 7.92. The van der Waals surface area contributed by atoms with E-state index >= 15 is 0 Å². The topological polar surface area (TPSA) is 86.8 Å². The zero-order valence-electron chi connectivity index (χ0n) is 23.2. The largest absolute Gasteiger partial charge is 0.354 e. The van der Waals surface area contributed by atoms with E-state index in [1.807, 2.05) is 6.92 Å². The molecule has 0 aliphatic carbocycles. The number of halogens is 3. The number of unbranched alkanes of at least 4 members (excludes halogenated alkanes) is 1. The van der Waals surface area contributed by atoms with Crippen molar-refractivity contribution < 1.29 is 18.0 Å². The highest BCUT2D eigenvalue weighted by Crippen LogP contribution is 2.30. The lowest BCUT2D eigenvalue weighted by molar-refractivity contribution is -0.140. The Kier molecular flexibility index (Phi) is 11.9. The summed E-state index contributed by atoms with van der Waals surface area (Å²) in [7, 11) is -4.19. The Balaban J connectivity index is 2.08. The lowest BCUT2D eigenvalue weighted by atomic mass is 10.1. The van der Waals surface area contributed by atoms with Gasteiger partial charge in [0, 0.05) is 18.1 Å². The molecule has 0 aliphatic rings. The number of sulfonamides is 1. The van der Waals surface area contributed by atoms with Crippen LogP contribution in [0.25, 0.3) is 0 Å². The maximum atomic E-state index is 14.1. The van der Waals surface area contributed by atoms with Gasteiger partial charge in [0.05, 0.1) is 20.6 Å². The van der Waals surface area contributed by atoms with Crippen LogP contribution in [0.15, 0.2) is 71.6 Å². The number of carbonyl (C=O) groups excluding carboxylic acids is 2. The van der Waals surface area contributed by atoms with Gasteiger partial charge in [0.15, 0.2) is 0 Å². The third-order valence-corrected chi connectivity index (χ3v) is 9.35. The van der Waals surface area contributed by atoms with Gasteiger partial charge in [0.25, 0.3) is 10.0 Å². The fourth-order valence-corrected chi connectivity index (χ4v) is 6.32. The van der Waals surface area contributed by atoms with E-state index in [2.05, 4.69) is 5.32 Å². The first kappa shape index (κ1) is 32.7. The van der Waals surface area contributed by atoms with Gasteiger partial charge in [-0.1, -0.05) is 85.4 Å². The van der Waals surface area contributed by atoms with Crippen molar-refractivity contribution in [3.8, 4) is 0 Å². The molecule has 0 unspecified atom stereocenters. The van der Waals surface area contributed by atoms with Crippen molar-refractivity contribution in [2.45, 2.75) is 57.5 Å². The summed E-state index contributed by atoms with van der Waals surface area (Å²) < 4.78 is 28.9. The summed E-state index contributed by atoms with van der Waals surface area (Å²) in [6.45, 7) is 5.49. The molecule has 0 aliphatic heterocycles. The van der Waals surface area contributed by atoms with E-state index in [1.54, 1.807) is 62.4 Å². The van der Waals surface area contributed by atoms with E-state index in [4.69, 9.17) is 34.8 Å². The van der Waals surface area contributed by atoms with Crippen LogP contribution in [0.5, 0.6) is 0 Å². The molecule has 0 bridgehead atoms. The molecule has 0 spiro atoms. The Bertz CT molecular complexity index is 1470. The lowest BCUT2D eigenvalue weighted by Gasteiger charge is -2.33. The molecule has 3 aromatic rings. The van der Waals surface area contributed by atoms with Crippen LogP contribution < -0.4 is 9.62 Å². The van der Waals surface area contributed by atoms with Gasteiger partial charge in [0.2, 0.25) is 11.8 Å². The van der Waals surface area contributed by atoms with Crippen molar-refractivity contribution in [3.63, 3.8) is 0 Å². The van der Waals surface area contributed by atoms with Gasteiger partial charge in [-0.15, -0.1) is 0 Å². The van der Waals surface area contributed by atoms with Crippen LogP contribution >= 0.6 is 34.8 Å². The Morgan fingerprint density at radius 3 is 2.27 bits per heavy atom. The van der Waals surface area contributed by atoms with E-state index in [1.165, 1.54) is 23.1 Å². The Hall–Kier alpha value is -2.78. The molecule has 41 heavy (non-hydrogen) atoms. The Labute approximate surface area is 257 Å². The van der Waals surface area contributed by atoms with Gasteiger partial charge in [-0.2, -0.15) is 0 Å². The number of benzene rings is 3. The summed E-state index contributed by atoms with van der Waals surface area (Å²) >= 11 is 18.6. The van der Waals surface area contributed by atoms with Crippen LogP contribution in [0, 0.1) is 6.92 Å². The molecular weight excluding hydrogens is 605 g/mol. The molecule has 220 valence electrons. The fourth-order valence-electron chi connectivity index (χ4n) is 4.34. The number of amides is 2. The molecule has 0 saturated carbocycles. The monoisotopic (exact) mass is 637 g/mol. The number of nitrogens with zero attached hydrogens (tertiary/aromatic N) is 2. The van der Waals surface area contributed by atoms with Crippen molar-refractivity contribution >= 4 is 62.3 Å². The van der Waals surface area contributed by atoms with Crippen molar-refractivity contribution in [1.29, 1.82) is 0 Å². The predicted molar refractivity (Wildman–Crippen MR) is 166 cm³/mol. The predicted octanol–water partition coefficient (Wildman–Crippen LogP) is 6.87. The molecule has 3 aromatic carbocycles. The lowest BCUT2D eigenvalue weighted by Crippen LogP contribution is -2.52. The van der Waals surface area contributed by atoms with Crippen molar-refractivity contribution in [2.75, 3.05) is 17.4 Å². The minimum atomic E-state index is -4.19. The first-order valence-electron chi connectivity index (χ1n) is 13.3. The number of aryl methyl sites for hydroxylation is 1. The molecule has 7 nitrogen and oxygen atoms in total. The third-order valence-electron chi connectivity index (χ3n) is 6.60. The number of hydrogen-bond donors (Lipinski definition) is 1. The molecule has 3 rings (SSSR count). The Morgan fingerprint density at radius 1 is 0.927 bits per heavy atom. The van der Waals surface area contributed by atoms with Gasteiger partial charge in [0.1, 0.15) is 12.6 Å². The third kappa shape index (κ3) is 8.38. The second-order valence-electron chi connectivity index (χ2n) is 9.59. The van der Waals surface area contributed by atoms with Crippen LogP contribution in [0.4, 0.5) is 5.69 Å². The van der Waals surface area contributed by atoms with E-state index < -0.39 is 28.5 Å². The van der Waals surface area contributed by atoms with E-state index in [0.717, 1.165) is 17.1 Å². The van der Waals surface area contributed by atoms with Gasteiger partial charge in [-0.25, -0.2) is 8.42 Å². The average Bonchev–Trinajstić information content (AvgIpc) is 2.95. The number of nitrogens with one attached hydrogen (secondary N) is 1. The van der Waals surface area contributed by atoms with Crippen molar-refractivity contribution in [1.82, 2.24) is 10.2 Å². The van der Waals surface area contributed by atoms with E-state index in [0.29, 0.717) is 39.2 Å². The number of anilines is 1. The van der Waals surface area contributed by atoms with Crippen LogP contribution in [-0.4, -0.2) is 44.3 Å². The molecule has 0 saturated heterocycles. The Morgan fingerprint density at radius 2 is 1.63 bits per heavy atom. The van der Waals surface area contributed by atoms with Crippen LogP contribution in [-0.2, 0) is 26.2 Å². The number of carbonyl (C=O) groups is 2. The number of hydrogen-bond acceptors (Lipinski definition) is 4. The van der Waals surface area contributed by atoms with Crippen molar-refractivity contribution in [3.05, 3.63) is 92.9 Å².